The van der Waals surface area contributed by atoms with Crippen molar-refractivity contribution < 1.29 is 0 Å². The first-order valence-corrected chi connectivity index (χ1v) is 22.7. The lowest BCUT2D eigenvalue weighted by atomic mass is 9.93. The zero-order chi connectivity index (χ0) is 43.8. The molecule has 2 heteroatoms. The third-order valence-electron chi connectivity index (χ3n) is 13.0. The molecule has 0 atom stereocenters. The molecule has 0 N–H and O–H groups in total. The molecule has 0 amide bonds. The Balaban J connectivity index is 1.05. The molecule has 0 radical (unpaired) electrons. The highest BCUT2D eigenvalue weighted by Gasteiger charge is 2.21. The van der Waals surface area contributed by atoms with Gasteiger partial charge in [-0.15, -0.1) is 0 Å². The summed E-state index contributed by atoms with van der Waals surface area (Å²) in [6.45, 7) is 0. The molecule has 1 heterocycles. The van der Waals surface area contributed by atoms with Gasteiger partial charge in [-0.2, -0.15) is 0 Å². The van der Waals surface area contributed by atoms with E-state index in [0.29, 0.717) is 0 Å². The van der Waals surface area contributed by atoms with Gasteiger partial charge < -0.3 is 9.47 Å². The summed E-state index contributed by atoms with van der Waals surface area (Å²) in [5.41, 5.74) is 18.5. The fraction of sp³-hybridized carbons (Fsp3) is 0. The van der Waals surface area contributed by atoms with Crippen LogP contribution in [0.25, 0.3) is 93.9 Å². The molecule has 0 aliphatic heterocycles. The third-order valence-corrected chi connectivity index (χ3v) is 13.0. The first-order valence-electron chi connectivity index (χ1n) is 22.7. The van der Waals surface area contributed by atoms with Crippen LogP contribution in [-0.4, -0.2) is 4.57 Å². The average Bonchev–Trinajstić information content (AvgIpc) is 3.74. The van der Waals surface area contributed by atoms with E-state index in [0.717, 1.165) is 50.6 Å². The normalized spacial score (nSPS) is 11.3. The molecule has 0 aliphatic rings. The predicted molar refractivity (Wildman–Crippen MR) is 280 cm³/mol. The Labute approximate surface area is 385 Å². The van der Waals surface area contributed by atoms with Gasteiger partial charge >= 0.3 is 0 Å². The number of hydrogen-bond donors (Lipinski definition) is 0. The summed E-state index contributed by atoms with van der Waals surface area (Å²) in [7, 11) is 0. The van der Waals surface area contributed by atoms with Gasteiger partial charge in [-0.3, -0.25) is 0 Å². The number of anilines is 3. The number of aromatic nitrogens is 1. The monoisotopic (exact) mass is 840 g/mol. The van der Waals surface area contributed by atoms with Gasteiger partial charge in [0.1, 0.15) is 0 Å². The standard InChI is InChI=1S/C64H44N2/c1-3-16-45(17-4-1)48-30-32-49(33-31-48)50-36-39-55(40-37-50)65(56-23-15-22-52(43-56)46-18-5-2-6-19-46)64-41-38-54(44-60(64)53-35-34-47-20-7-8-21-51(47)42-53)57-24-9-12-27-61(57)66-62-28-13-10-25-58(62)59-26-11-14-29-63(59)66/h1-44H. The highest BCUT2D eigenvalue weighted by Crippen LogP contribution is 2.46. The minimum Gasteiger partial charge on any atom is -0.310 e. The third kappa shape index (κ3) is 7.12. The fourth-order valence-corrected chi connectivity index (χ4v) is 9.75. The highest BCUT2D eigenvalue weighted by atomic mass is 15.1. The molecular weight excluding hydrogens is 797 g/mol. The molecule has 12 aromatic rings. The summed E-state index contributed by atoms with van der Waals surface area (Å²) < 4.78 is 2.43. The quantitative estimate of drug-likeness (QED) is 0.141. The average molecular weight is 841 g/mol. The van der Waals surface area contributed by atoms with Crippen molar-refractivity contribution in [3.8, 4) is 61.3 Å². The zero-order valence-corrected chi connectivity index (χ0v) is 36.3. The van der Waals surface area contributed by atoms with Gasteiger partial charge in [-0.1, -0.05) is 206 Å². The molecule has 0 spiro atoms. The number of nitrogens with zero attached hydrogens (tertiary/aromatic N) is 2. The van der Waals surface area contributed by atoms with E-state index in [1.54, 1.807) is 0 Å². The molecule has 2 nitrogen and oxygen atoms in total. The van der Waals surface area contributed by atoms with Crippen LogP contribution in [0.5, 0.6) is 0 Å². The number of hydrogen-bond acceptors (Lipinski definition) is 1. The van der Waals surface area contributed by atoms with Crippen molar-refractivity contribution in [1.82, 2.24) is 4.57 Å². The van der Waals surface area contributed by atoms with Gasteiger partial charge in [0.15, 0.2) is 0 Å². The van der Waals surface area contributed by atoms with Gasteiger partial charge in [0, 0.05) is 33.3 Å². The minimum atomic E-state index is 1.07. The van der Waals surface area contributed by atoms with Crippen LogP contribution >= 0.6 is 0 Å². The summed E-state index contributed by atoms with van der Waals surface area (Å²) in [5, 5.41) is 4.92. The van der Waals surface area contributed by atoms with Crippen LogP contribution in [-0.2, 0) is 0 Å². The summed E-state index contributed by atoms with van der Waals surface area (Å²) in [6.07, 6.45) is 0. The molecule has 12 rings (SSSR count). The minimum absolute atomic E-state index is 1.07. The summed E-state index contributed by atoms with van der Waals surface area (Å²) in [6, 6.07) is 97.0. The van der Waals surface area contributed by atoms with Crippen LogP contribution in [0.1, 0.15) is 0 Å². The van der Waals surface area contributed by atoms with Gasteiger partial charge in [-0.25, -0.2) is 0 Å². The lowest BCUT2D eigenvalue weighted by molar-refractivity contribution is 1.18. The lowest BCUT2D eigenvalue weighted by Gasteiger charge is -2.29. The maximum absolute atomic E-state index is 2.43. The van der Waals surface area contributed by atoms with Crippen LogP contribution in [0.2, 0.25) is 0 Å². The number of benzene rings is 11. The van der Waals surface area contributed by atoms with E-state index in [9.17, 15) is 0 Å². The Morgan fingerprint density at radius 3 is 1.42 bits per heavy atom. The van der Waals surface area contributed by atoms with E-state index >= 15 is 0 Å². The summed E-state index contributed by atoms with van der Waals surface area (Å²) in [5.74, 6) is 0. The number of para-hydroxylation sites is 3. The van der Waals surface area contributed by atoms with E-state index in [-0.39, 0.29) is 0 Å². The van der Waals surface area contributed by atoms with Crippen molar-refractivity contribution in [1.29, 1.82) is 0 Å². The Hall–Kier alpha value is -8.72. The number of fused-ring (bicyclic) bond motifs is 4. The van der Waals surface area contributed by atoms with E-state index in [2.05, 4.69) is 276 Å². The fourth-order valence-electron chi connectivity index (χ4n) is 9.75. The van der Waals surface area contributed by atoms with Gasteiger partial charge in [0.05, 0.1) is 22.4 Å². The first kappa shape index (κ1) is 38.9. The molecule has 0 unspecified atom stereocenters. The Morgan fingerprint density at radius 2 is 0.742 bits per heavy atom. The summed E-state index contributed by atoms with van der Waals surface area (Å²) in [4.78, 5) is 2.43. The predicted octanol–water partition coefficient (Wildman–Crippen LogP) is 17.7. The topological polar surface area (TPSA) is 8.17 Å². The Bertz CT molecular complexity index is 3630. The van der Waals surface area contributed by atoms with Crippen LogP contribution in [0.3, 0.4) is 0 Å². The van der Waals surface area contributed by atoms with Crippen molar-refractivity contribution >= 4 is 49.6 Å². The largest absolute Gasteiger partial charge is 0.310 e. The second-order valence-corrected chi connectivity index (χ2v) is 16.9. The van der Waals surface area contributed by atoms with Crippen LogP contribution in [0, 0.1) is 0 Å². The van der Waals surface area contributed by atoms with E-state index in [4.69, 9.17) is 0 Å². The first-order chi connectivity index (χ1) is 32.7. The molecule has 310 valence electrons. The maximum Gasteiger partial charge on any atom is 0.0541 e. The second kappa shape index (κ2) is 16.8. The second-order valence-electron chi connectivity index (χ2n) is 16.9. The smallest absolute Gasteiger partial charge is 0.0541 e. The number of rotatable bonds is 9. The molecule has 66 heavy (non-hydrogen) atoms. The molecule has 0 saturated carbocycles. The molecule has 0 aliphatic carbocycles. The van der Waals surface area contributed by atoms with Crippen LogP contribution in [0.4, 0.5) is 17.1 Å². The van der Waals surface area contributed by atoms with Gasteiger partial charge in [0.25, 0.3) is 0 Å². The van der Waals surface area contributed by atoms with Gasteiger partial charge in [0.2, 0.25) is 0 Å². The van der Waals surface area contributed by atoms with Crippen LogP contribution in [0.15, 0.2) is 267 Å². The Kier molecular flexibility index (Phi) is 9.89. The molecule has 1 aromatic heterocycles. The highest BCUT2D eigenvalue weighted by molar-refractivity contribution is 6.10. The van der Waals surface area contributed by atoms with E-state index < -0.39 is 0 Å². The SMILES string of the molecule is c1ccc(-c2ccc(-c3ccc(N(c4cccc(-c5ccccc5)c4)c4ccc(-c5ccccc5-n5c6ccccc6c6ccccc65)cc4-c4ccc5ccccc5c4)cc3)cc2)cc1. The molecule has 0 bridgehead atoms. The maximum atomic E-state index is 2.43. The Morgan fingerprint density at radius 1 is 0.258 bits per heavy atom. The molecule has 0 fully saturated rings. The molecular formula is C64H44N2. The van der Waals surface area contributed by atoms with Crippen molar-refractivity contribution in [2.45, 2.75) is 0 Å². The van der Waals surface area contributed by atoms with Crippen molar-refractivity contribution in [3.63, 3.8) is 0 Å². The van der Waals surface area contributed by atoms with E-state index in [1.807, 2.05) is 0 Å². The van der Waals surface area contributed by atoms with E-state index in [1.165, 1.54) is 60.4 Å². The van der Waals surface area contributed by atoms with Crippen molar-refractivity contribution in [2.75, 3.05) is 4.90 Å². The van der Waals surface area contributed by atoms with Crippen molar-refractivity contribution in [3.05, 3.63) is 267 Å². The van der Waals surface area contributed by atoms with Crippen molar-refractivity contribution in [2.24, 2.45) is 0 Å². The molecule has 0 saturated heterocycles. The van der Waals surface area contributed by atoms with Crippen LogP contribution < -0.4 is 4.90 Å². The summed E-state index contributed by atoms with van der Waals surface area (Å²) >= 11 is 0. The lowest BCUT2D eigenvalue weighted by Crippen LogP contribution is -2.11. The van der Waals surface area contributed by atoms with Gasteiger partial charge in [-0.05, 0) is 116 Å². The molecule has 11 aromatic carbocycles. The zero-order valence-electron chi connectivity index (χ0n) is 36.3.